The van der Waals surface area contributed by atoms with Crippen LogP contribution in [0.5, 0.6) is 0 Å². The number of benzene rings is 2. The zero-order valence-electron chi connectivity index (χ0n) is 11.5. The van der Waals surface area contributed by atoms with Crippen molar-refractivity contribution in [3.63, 3.8) is 0 Å². The fraction of sp³-hybridized carbons (Fsp3) is 0.250. The van der Waals surface area contributed by atoms with Gasteiger partial charge < -0.3 is 11.1 Å². The molecule has 0 bridgehead atoms. The lowest BCUT2D eigenvalue weighted by Crippen LogP contribution is -2.01. The third kappa shape index (κ3) is 2.87. The molecule has 0 atom stereocenters. The van der Waals surface area contributed by atoms with E-state index < -0.39 is 5.82 Å². The number of anilines is 3. The van der Waals surface area contributed by atoms with Crippen LogP contribution >= 0.6 is 0 Å². The molecule has 0 aliphatic heterocycles. The van der Waals surface area contributed by atoms with Gasteiger partial charge in [-0.05, 0) is 42.2 Å². The molecule has 0 aliphatic carbocycles. The topological polar surface area (TPSA) is 38.0 Å². The fourth-order valence-corrected chi connectivity index (χ4v) is 1.92. The second-order valence-corrected chi connectivity index (χ2v) is 5.06. The largest absolute Gasteiger partial charge is 0.395 e. The molecule has 0 amide bonds. The fourth-order valence-electron chi connectivity index (χ4n) is 1.92. The standard InChI is InChI=1S/C16H19FN2/c1-10(2)12-8-7-11(3)15(9-12)19-14-6-4-5-13(17)16(14)18/h4-10,19H,18H2,1-3H3. The normalized spacial score (nSPS) is 10.8. The third-order valence-electron chi connectivity index (χ3n) is 3.25. The highest BCUT2D eigenvalue weighted by Crippen LogP contribution is 2.29. The minimum absolute atomic E-state index is 0.150. The minimum Gasteiger partial charge on any atom is -0.395 e. The van der Waals surface area contributed by atoms with E-state index in [1.807, 2.05) is 6.92 Å². The van der Waals surface area contributed by atoms with Crippen molar-refractivity contribution < 1.29 is 4.39 Å². The summed E-state index contributed by atoms with van der Waals surface area (Å²) < 4.78 is 13.4. The molecule has 0 fully saturated rings. The van der Waals surface area contributed by atoms with Crippen molar-refractivity contribution in [3.8, 4) is 0 Å². The van der Waals surface area contributed by atoms with Gasteiger partial charge >= 0.3 is 0 Å². The van der Waals surface area contributed by atoms with Gasteiger partial charge in [0.1, 0.15) is 5.82 Å². The molecule has 0 spiro atoms. The Morgan fingerprint density at radius 1 is 1.11 bits per heavy atom. The molecule has 2 aromatic rings. The summed E-state index contributed by atoms with van der Waals surface area (Å²) in [7, 11) is 0. The summed E-state index contributed by atoms with van der Waals surface area (Å²) in [6, 6.07) is 11.0. The third-order valence-corrected chi connectivity index (χ3v) is 3.25. The van der Waals surface area contributed by atoms with E-state index in [9.17, 15) is 4.39 Å². The van der Waals surface area contributed by atoms with E-state index in [4.69, 9.17) is 5.73 Å². The molecule has 0 aromatic heterocycles. The van der Waals surface area contributed by atoms with Crippen LogP contribution in [0.3, 0.4) is 0 Å². The van der Waals surface area contributed by atoms with Gasteiger partial charge in [-0.25, -0.2) is 4.39 Å². The Labute approximate surface area is 113 Å². The van der Waals surface area contributed by atoms with Crippen molar-refractivity contribution in [2.75, 3.05) is 11.1 Å². The van der Waals surface area contributed by atoms with E-state index in [2.05, 4.69) is 37.4 Å². The molecule has 2 rings (SSSR count). The average molecular weight is 258 g/mol. The van der Waals surface area contributed by atoms with E-state index >= 15 is 0 Å². The predicted octanol–water partition coefficient (Wildman–Crippen LogP) is 4.58. The Morgan fingerprint density at radius 2 is 1.84 bits per heavy atom. The van der Waals surface area contributed by atoms with Crippen LogP contribution in [0.15, 0.2) is 36.4 Å². The molecular weight excluding hydrogens is 239 g/mol. The first-order valence-corrected chi connectivity index (χ1v) is 6.40. The summed E-state index contributed by atoms with van der Waals surface area (Å²) in [6.45, 7) is 6.30. The highest BCUT2D eigenvalue weighted by molar-refractivity contribution is 5.74. The predicted molar refractivity (Wildman–Crippen MR) is 79.4 cm³/mol. The molecule has 100 valence electrons. The van der Waals surface area contributed by atoms with Gasteiger partial charge in [0, 0.05) is 5.69 Å². The van der Waals surface area contributed by atoms with E-state index in [-0.39, 0.29) is 5.69 Å². The summed E-state index contributed by atoms with van der Waals surface area (Å²) in [5.41, 5.74) is 9.80. The Hall–Kier alpha value is -2.03. The van der Waals surface area contributed by atoms with Gasteiger partial charge in [0.2, 0.25) is 0 Å². The van der Waals surface area contributed by atoms with Crippen LogP contribution in [-0.2, 0) is 0 Å². The number of hydrogen-bond acceptors (Lipinski definition) is 2. The smallest absolute Gasteiger partial charge is 0.148 e. The summed E-state index contributed by atoms with van der Waals surface area (Å²) in [6.07, 6.45) is 0. The maximum atomic E-state index is 13.4. The van der Waals surface area contributed by atoms with Gasteiger partial charge in [-0.1, -0.05) is 32.0 Å². The Bertz CT molecular complexity index is 591. The first kappa shape index (κ1) is 13.4. The molecule has 0 saturated carbocycles. The number of halogens is 1. The first-order chi connectivity index (χ1) is 8.99. The maximum Gasteiger partial charge on any atom is 0.148 e. The van der Waals surface area contributed by atoms with Crippen LogP contribution in [0.4, 0.5) is 21.5 Å². The van der Waals surface area contributed by atoms with Crippen molar-refractivity contribution in [2.45, 2.75) is 26.7 Å². The number of nitrogen functional groups attached to an aromatic ring is 1. The van der Waals surface area contributed by atoms with E-state index in [1.165, 1.54) is 11.6 Å². The van der Waals surface area contributed by atoms with E-state index in [0.717, 1.165) is 11.3 Å². The molecule has 0 heterocycles. The lowest BCUT2D eigenvalue weighted by atomic mass is 10.0. The van der Waals surface area contributed by atoms with Crippen molar-refractivity contribution in [1.29, 1.82) is 0 Å². The summed E-state index contributed by atoms with van der Waals surface area (Å²) in [5.74, 6) is 0.0497. The van der Waals surface area contributed by atoms with Crippen LogP contribution < -0.4 is 11.1 Å². The van der Waals surface area contributed by atoms with Crippen molar-refractivity contribution in [3.05, 3.63) is 53.3 Å². The van der Waals surface area contributed by atoms with Gasteiger partial charge in [-0.2, -0.15) is 0 Å². The van der Waals surface area contributed by atoms with Crippen LogP contribution in [-0.4, -0.2) is 0 Å². The highest BCUT2D eigenvalue weighted by atomic mass is 19.1. The van der Waals surface area contributed by atoms with Crippen LogP contribution in [0.2, 0.25) is 0 Å². The number of aryl methyl sites for hydroxylation is 1. The summed E-state index contributed by atoms with van der Waals surface area (Å²) >= 11 is 0. The average Bonchev–Trinajstić information content (AvgIpc) is 2.37. The molecule has 3 heteroatoms. The Kier molecular flexibility index (Phi) is 3.74. The van der Waals surface area contributed by atoms with Gasteiger partial charge in [-0.3, -0.25) is 0 Å². The van der Waals surface area contributed by atoms with Gasteiger partial charge in [0.05, 0.1) is 11.4 Å². The van der Waals surface area contributed by atoms with Crippen LogP contribution in [0, 0.1) is 12.7 Å². The lowest BCUT2D eigenvalue weighted by Gasteiger charge is -2.15. The molecule has 19 heavy (non-hydrogen) atoms. The van der Waals surface area contributed by atoms with Gasteiger partial charge in [-0.15, -0.1) is 0 Å². The highest BCUT2D eigenvalue weighted by Gasteiger charge is 2.08. The minimum atomic E-state index is -0.400. The van der Waals surface area contributed by atoms with Crippen molar-refractivity contribution in [2.24, 2.45) is 0 Å². The second kappa shape index (κ2) is 5.31. The number of para-hydroxylation sites is 1. The number of nitrogens with two attached hydrogens (primary N) is 1. The second-order valence-electron chi connectivity index (χ2n) is 5.06. The zero-order chi connectivity index (χ0) is 14.0. The van der Waals surface area contributed by atoms with E-state index in [1.54, 1.807) is 12.1 Å². The van der Waals surface area contributed by atoms with E-state index in [0.29, 0.717) is 11.6 Å². The molecule has 0 aliphatic rings. The summed E-state index contributed by atoms with van der Waals surface area (Å²) in [5, 5.41) is 3.21. The SMILES string of the molecule is Cc1ccc(C(C)C)cc1Nc1cccc(F)c1N. The van der Waals surface area contributed by atoms with Crippen LogP contribution in [0.25, 0.3) is 0 Å². The summed E-state index contributed by atoms with van der Waals surface area (Å²) in [4.78, 5) is 0. The molecule has 2 aromatic carbocycles. The molecule has 0 saturated heterocycles. The maximum absolute atomic E-state index is 13.4. The quantitative estimate of drug-likeness (QED) is 0.791. The molecule has 0 radical (unpaired) electrons. The van der Waals surface area contributed by atoms with Crippen molar-refractivity contribution >= 4 is 17.1 Å². The molecule has 3 N–H and O–H groups in total. The Balaban J connectivity index is 2.37. The lowest BCUT2D eigenvalue weighted by molar-refractivity contribution is 0.633. The zero-order valence-corrected chi connectivity index (χ0v) is 11.5. The number of hydrogen-bond donors (Lipinski definition) is 2. The first-order valence-electron chi connectivity index (χ1n) is 6.40. The molecule has 0 unspecified atom stereocenters. The monoisotopic (exact) mass is 258 g/mol. The van der Waals surface area contributed by atoms with Crippen molar-refractivity contribution in [1.82, 2.24) is 0 Å². The Morgan fingerprint density at radius 3 is 2.53 bits per heavy atom. The number of rotatable bonds is 3. The number of nitrogens with one attached hydrogen (secondary N) is 1. The molecule has 2 nitrogen and oxygen atoms in total. The molecular formula is C16H19FN2. The van der Waals surface area contributed by atoms with Gasteiger partial charge in [0.25, 0.3) is 0 Å². The van der Waals surface area contributed by atoms with Gasteiger partial charge in [0.15, 0.2) is 0 Å². The van der Waals surface area contributed by atoms with Crippen LogP contribution in [0.1, 0.15) is 30.9 Å².